The van der Waals surface area contributed by atoms with Crippen LogP contribution >= 0.6 is 22.6 Å². The van der Waals surface area contributed by atoms with Crippen LogP contribution in [0.25, 0.3) is 0 Å². The lowest BCUT2D eigenvalue weighted by atomic mass is 10.2. The van der Waals surface area contributed by atoms with Crippen molar-refractivity contribution in [2.45, 2.75) is 32.6 Å². The Bertz CT molecular complexity index is 383. The Kier molecular flexibility index (Phi) is 6.25. The first-order chi connectivity index (χ1) is 8.15. The summed E-state index contributed by atoms with van der Waals surface area (Å²) in [5, 5.41) is 13.9. The standard InChI is InChI=1S/C12H17IN2O2/c1-2-3-4-5-8-14-12-7-6-10(15(16)17)9-11(12)13/h6-7,9,14H,2-5,8H2,1H3. The highest BCUT2D eigenvalue weighted by Gasteiger charge is 2.08. The molecule has 0 aromatic heterocycles. The van der Waals surface area contributed by atoms with Gasteiger partial charge in [0.2, 0.25) is 0 Å². The predicted octanol–water partition coefficient (Wildman–Crippen LogP) is 4.19. The molecule has 0 aliphatic carbocycles. The maximum atomic E-state index is 10.6. The monoisotopic (exact) mass is 348 g/mol. The number of non-ortho nitro benzene ring substituents is 1. The highest BCUT2D eigenvalue weighted by molar-refractivity contribution is 14.1. The fourth-order valence-corrected chi connectivity index (χ4v) is 2.23. The molecule has 0 atom stereocenters. The average Bonchev–Trinajstić information content (AvgIpc) is 2.30. The van der Waals surface area contributed by atoms with Crippen LogP contribution in [0.4, 0.5) is 11.4 Å². The molecule has 1 N–H and O–H groups in total. The number of benzene rings is 1. The minimum Gasteiger partial charge on any atom is -0.384 e. The third-order valence-corrected chi connectivity index (χ3v) is 3.40. The first-order valence-electron chi connectivity index (χ1n) is 5.83. The zero-order valence-electron chi connectivity index (χ0n) is 9.91. The van der Waals surface area contributed by atoms with Crippen LogP contribution in [0.2, 0.25) is 0 Å². The van der Waals surface area contributed by atoms with E-state index >= 15 is 0 Å². The highest BCUT2D eigenvalue weighted by atomic mass is 127. The number of hydrogen-bond acceptors (Lipinski definition) is 3. The molecule has 17 heavy (non-hydrogen) atoms. The maximum absolute atomic E-state index is 10.6. The van der Waals surface area contributed by atoms with E-state index in [9.17, 15) is 10.1 Å². The van der Waals surface area contributed by atoms with Gasteiger partial charge >= 0.3 is 0 Å². The molecule has 5 heteroatoms. The van der Waals surface area contributed by atoms with Gasteiger partial charge in [-0.3, -0.25) is 10.1 Å². The molecule has 0 radical (unpaired) electrons. The van der Waals surface area contributed by atoms with Gasteiger partial charge in [0.05, 0.1) is 4.92 Å². The lowest BCUT2D eigenvalue weighted by Crippen LogP contribution is -2.03. The molecule has 1 aromatic carbocycles. The van der Waals surface area contributed by atoms with Crippen molar-refractivity contribution in [1.29, 1.82) is 0 Å². The number of nitro benzene ring substituents is 1. The second kappa shape index (κ2) is 7.47. The molecule has 94 valence electrons. The summed E-state index contributed by atoms with van der Waals surface area (Å²) in [5.41, 5.74) is 1.12. The van der Waals surface area contributed by atoms with Crippen LogP contribution in [0.1, 0.15) is 32.6 Å². The Morgan fingerprint density at radius 3 is 2.71 bits per heavy atom. The molecular formula is C12H17IN2O2. The number of nitrogens with one attached hydrogen (secondary N) is 1. The minimum absolute atomic E-state index is 0.144. The van der Waals surface area contributed by atoms with Crippen molar-refractivity contribution < 1.29 is 4.92 Å². The number of halogens is 1. The van der Waals surface area contributed by atoms with Crippen LogP contribution in [0.15, 0.2) is 18.2 Å². The molecule has 1 rings (SSSR count). The number of hydrogen-bond donors (Lipinski definition) is 1. The highest BCUT2D eigenvalue weighted by Crippen LogP contribution is 2.23. The second-order valence-corrected chi connectivity index (χ2v) is 5.07. The number of unbranched alkanes of at least 4 members (excludes halogenated alkanes) is 3. The van der Waals surface area contributed by atoms with Crippen molar-refractivity contribution in [2.24, 2.45) is 0 Å². The smallest absolute Gasteiger partial charge is 0.270 e. The summed E-state index contributed by atoms with van der Waals surface area (Å²) in [4.78, 5) is 10.2. The lowest BCUT2D eigenvalue weighted by molar-refractivity contribution is -0.384. The summed E-state index contributed by atoms with van der Waals surface area (Å²) in [6.07, 6.45) is 4.86. The van der Waals surface area contributed by atoms with Crippen LogP contribution in [0.3, 0.4) is 0 Å². The van der Waals surface area contributed by atoms with E-state index in [-0.39, 0.29) is 10.6 Å². The van der Waals surface area contributed by atoms with Gasteiger partial charge in [0.25, 0.3) is 5.69 Å². The third kappa shape index (κ3) is 4.89. The molecule has 0 spiro atoms. The van der Waals surface area contributed by atoms with Crippen LogP contribution in [0, 0.1) is 13.7 Å². The molecule has 0 amide bonds. The van der Waals surface area contributed by atoms with Crippen LogP contribution in [0.5, 0.6) is 0 Å². The van der Waals surface area contributed by atoms with E-state index < -0.39 is 0 Å². The van der Waals surface area contributed by atoms with Crippen LogP contribution in [-0.4, -0.2) is 11.5 Å². The van der Waals surface area contributed by atoms with Crippen molar-refractivity contribution in [3.05, 3.63) is 31.9 Å². The maximum Gasteiger partial charge on any atom is 0.270 e. The molecule has 0 fully saturated rings. The number of nitro groups is 1. The van der Waals surface area contributed by atoms with Crippen LogP contribution < -0.4 is 5.32 Å². The molecule has 0 bridgehead atoms. The van der Waals surface area contributed by atoms with Gasteiger partial charge in [0.1, 0.15) is 0 Å². The largest absolute Gasteiger partial charge is 0.384 e. The van der Waals surface area contributed by atoms with Gasteiger partial charge in [0.15, 0.2) is 0 Å². The van der Waals surface area contributed by atoms with Crippen molar-refractivity contribution in [3.63, 3.8) is 0 Å². The topological polar surface area (TPSA) is 55.2 Å². The van der Waals surface area contributed by atoms with E-state index in [2.05, 4.69) is 34.8 Å². The van der Waals surface area contributed by atoms with E-state index in [1.165, 1.54) is 25.3 Å². The zero-order chi connectivity index (χ0) is 12.7. The Labute approximate surface area is 115 Å². The summed E-state index contributed by atoms with van der Waals surface area (Å²) >= 11 is 2.12. The van der Waals surface area contributed by atoms with Crippen molar-refractivity contribution >= 4 is 34.0 Å². The van der Waals surface area contributed by atoms with E-state index in [1.54, 1.807) is 12.1 Å². The fraction of sp³-hybridized carbons (Fsp3) is 0.500. The van der Waals surface area contributed by atoms with Crippen LogP contribution in [-0.2, 0) is 0 Å². The summed E-state index contributed by atoms with van der Waals surface area (Å²) in [6.45, 7) is 3.11. The molecular weight excluding hydrogens is 331 g/mol. The number of nitrogens with zero attached hydrogens (tertiary/aromatic N) is 1. The number of anilines is 1. The quantitative estimate of drug-likeness (QED) is 0.348. The number of rotatable bonds is 7. The first-order valence-corrected chi connectivity index (χ1v) is 6.91. The summed E-state index contributed by atoms with van der Waals surface area (Å²) in [6, 6.07) is 4.91. The van der Waals surface area contributed by atoms with Gasteiger partial charge in [-0.05, 0) is 35.1 Å². The van der Waals surface area contributed by atoms with Gasteiger partial charge in [-0.25, -0.2) is 0 Å². The third-order valence-electron chi connectivity index (χ3n) is 2.51. The molecule has 0 saturated carbocycles. The van der Waals surface area contributed by atoms with E-state index in [0.717, 1.165) is 22.2 Å². The van der Waals surface area contributed by atoms with E-state index in [1.807, 2.05) is 0 Å². The van der Waals surface area contributed by atoms with Gasteiger partial charge in [-0.1, -0.05) is 26.2 Å². The van der Waals surface area contributed by atoms with Gasteiger partial charge in [-0.15, -0.1) is 0 Å². The summed E-state index contributed by atoms with van der Waals surface area (Å²) < 4.78 is 0.896. The zero-order valence-corrected chi connectivity index (χ0v) is 12.1. The Balaban J connectivity index is 2.46. The minimum atomic E-state index is -0.368. The molecule has 0 aliphatic heterocycles. The average molecular weight is 348 g/mol. The molecule has 4 nitrogen and oxygen atoms in total. The summed E-state index contributed by atoms with van der Waals surface area (Å²) in [5.74, 6) is 0. The molecule has 0 unspecified atom stereocenters. The molecule has 0 aliphatic rings. The Morgan fingerprint density at radius 2 is 2.12 bits per heavy atom. The van der Waals surface area contributed by atoms with Crippen molar-refractivity contribution in [1.82, 2.24) is 0 Å². The SMILES string of the molecule is CCCCCCNc1ccc([N+](=O)[O-])cc1I. The van der Waals surface area contributed by atoms with E-state index in [0.29, 0.717) is 0 Å². The Hall–Kier alpha value is -0.850. The van der Waals surface area contributed by atoms with Crippen molar-refractivity contribution in [2.75, 3.05) is 11.9 Å². The predicted molar refractivity (Wildman–Crippen MR) is 78.4 cm³/mol. The second-order valence-electron chi connectivity index (χ2n) is 3.91. The molecule has 1 aromatic rings. The van der Waals surface area contributed by atoms with Gasteiger partial charge in [0, 0.05) is 27.9 Å². The Morgan fingerprint density at radius 1 is 1.35 bits per heavy atom. The summed E-state index contributed by atoms with van der Waals surface area (Å²) in [7, 11) is 0. The lowest BCUT2D eigenvalue weighted by Gasteiger charge is -2.08. The first kappa shape index (κ1) is 14.2. The van der Waals surface area contributed by atoms with Gasteiger partial charge < -0.3 is 5.32 Å². The normalized spacial score (nSPS) is 10.2. The molecule has 0 heterocycles. The molecule has 0 saturated heterocycles. The van der Waals surface area contributed by atoms with Gasteiger partial charge in [-0.2, -0.15) is 0 Å². The van der Waals surface area contributed by atoms with E-state index in [4.69, 9.17) is 0 Å². The fourth-order valence-electron chi connectivity index (χ4n) is 1.54. The van der Waals surface area contributed by atoms with Crippen molar-refractivity contribution in [3.8, 4) is 0 Å².